The van der Waals surface area contributed by atoms with Crippen molar-refractivity contribution in [3.8, 4) is 0 Å². The highest BCUT2D eigenvalue weighted by atomic mass is 16.7. The van der Waals surface area contributed by atoms with E-state index < -0.39 is 0 Å². The van der Waals surface area contributed by atoms with Crippen LogP contribution in [0.1, 0.15) is 37.7 Å². The molecular weight excluding hydrogens is 224 g/mol. The Morgan fingerprint density at radius 3 is 2.67 bits per heavy atom. The summed E-state index contributed by atoms with van der Waals surface area (Å²) >= 11 is 0. The van der Waals surface area contributed by atoms with Gasteiger partial charge in [0.25, 0.3) is 0 Å². The first-order chi connectivity index (χ1) is 8.92. The molecule has 1 atom stereocenters. The monoisotopic (exact) mass is 244 g/mol. The van der Waals surface area contributed by atoms with E-state index >= 15 is 0 Å². The van der Waals surface area contributed by atoms with Gasteiger partial charge in [-0.3, -0.25) is 0 Å². The summed E-state index contributed by atoms with van der Waals surface area (Å²) in [7, 11) is 0. The number of benzene rings is 1. The van der Waals surface area contributed by atoms with Crippen molar-refractivity contribution in [2.45, 2.75) is 44.7 Å². The molecule has 1 saturated carbocycles. The summed E-state index contributed by atoms with van der Waals surface area (Å²) in [5, 5.41) is 0. The molecule has 0 aromatic heterocycles. The van der Waals surface area contributed by atoms with Gasteiger partial charge in [0.1, 0.15) is 6.17 Å². The minimum atomic E-state index is 0.0873. The van der Waals surface area contributed by atoms with E-state index in [1.807, 2.05) is 6.07 Å². The fourth-order valence-corrected chi connectivity index (χ4v) is 2.80. The van der Waals surface area contributed by atoms with Crippen LogP contribution in [0.15, 0.2) is 35.3 Å². The fourth-order valence-electron chi connectivity index (χ4n) is 2.80. The Labute approximate surface area is 108 Å². The summed E-state index contributed by atoms with van der Waals surface area (Å²) in [5.74, 6) is 1.49. The third kappa shape index (κ3) is 2.72. The van der Waals surface area contributed by atoms with Crippen LogP contribution in [0.4, 0.5) is 0 Å². The first-order valence-electron chi connectivity index (χ1n) is 6.96. The molecular formula is C15H20N2O. The highest BCUT2D eigenvalue weighted by molar-refractivity contribution is 5.79. The molecule has 0 radical (unpaired) electrons. The van der Waals surface area contributed by atoms with Gasteiger partial charge in [-0.1, -0.05) is 49.6 Å². The van der Waals surface area contributed by atoms with E-state index in [0.29, 0.717) is 5.92 Å². The van der Waals surface area contributed by atoms with Gasteiger partial charge in [-0.2, -0.15) is 0 Å². The predicted molar refractivity (Wildman–Crippen MR) is 72.2 cm³/mol. The molecule has 1 unspecified atom stereocenters. The van der Waals surface area contributed by atoms with Crippen molar-refractivity contribution in [1.29, 1.82) is 0 Å². The maximum atomic E-state index is 5.58. The van der Waals surface area contributed by atoms with Crippen molar-refractivity contribution in [3.63, 3.8) is 0 Å². The summed E-state index contributed by atoms with van der Waals surface area (Å²) in [6, 6.07) is 10.4. The molecule has 3 heteroatoms. The molecule has 3 nitrogen and oxygen atoms in total. The van der Waals surface area contributed by atoms with Crippen LogP contribution in [0.2, 0.25) is 0 Å². The number of nitrogens with zero attached hydrogens (tertiary/aromatic N) is 1. The average molecular weight is 244 g/mol. The van der Waals surface area contributed by atoms with Crippen LogP contribution < -0.4 is 5.48 Å². The topological polar surface area (TPSA) is 33.6 Å². The summed E-state index contributed by atoms with van der Waals surface area (Å²) in [4.78, 5) is 10.3. The first kappa shape index (κ1) is 11.7. The van der Waals surface area contributed by atoms with Gasteiger partial charge in [0.05, 0.1) is 0 Å². The normalized spacial score (nSPS) is 24.7. The van der Waals surface area contributed by atoms with E-state index in [2.05, 4.69) is 29.7 Å². The predicted octanol–water partition coefficient (Wildman–Crippen LogP) is 3.07. The van der Waals surface area contributed by atoms with E-state index in [9.17, 15) is 0 Å². The maximum Gasteiger partial charge on any atom is 0.214 e. The van der Waals surface area contributed by atoms with Crippen molar-refractivity contribution in [2.75, 3.05) is 0 Å². The number of rotatable bonds is 3. The van der Waals surface area contributed by atoms with Crippen molar-refractivity contribution in [2.24, 2.45) is 10.9 Å². The van der Waals surface area contributed by atoms with Crippen molar-refractivity contribution in [3.05, 3.63) is 35.9 Å². The summed E-state index contributed by atoms with van der Waals surface area (Å²) in [6.07, 6.45) is 7.45. The van der Waals surface area contributed by atoms with Crippen LogP contribution in [0, 0.1) is 5.92 Å². The lowest BCUT2D eigenvalue weighted by Gasteiger charge is -2.19. The van der Waals surface area contributed by atoms with Crippen LogP contribution in [0.5, 0.6) is 0 Å². The smallest absolute Gasteiger partial charge is 0.214 e. The maximum absolute atomic E-state index is 5.58. The molecule has 96 valence electrons. The lowest BCUT2D eigenvalue weighted by atomic mass is 9.89. The lowest BCUT2D eigenvalue weighted by molar-refractivity contribution is 0.163. The molecule has 0 spiro atoms. The minimum absolute atomic E-state index is 0.0873. The van der Waals surface area contributed by atoms with Gasteiger partial charge in [-0.25, -0.2) is 4.99 Å². The Morgan fingerprint density at radius 1 is 1.11 bits per heavy atom. The van der Waals surface area contributed by atoms with E-state index in [1.54, 1.807) is 0 Å². The van der Waals surface area contributed by atoms with Gasteiger partial charge in [-0.15, -0.1) is 5.48 Å². The number of hydrogen-bond donors (Lipinski definition) is 1. The number of nitrogens with one attached hydrogen (secondary N) is 1. The molecule has 1 aromatic carbocycles. The van der Waals surface area contributed by atoms with Gasteiger partial charge in [0, 0.05) is 12.3 Å². The third-order valence-corrected chi connectivity index (χ3v) is 3.81. The van der Waals surface area contributed by atoms with E-state index in [0.717, 1.165) is 12.3 Å². The second-order valence-corrected chi connectivity index (χ2v) is 5.23. The SMILES string of the molecule is c1ccc(CC2N=C(C3CCCCC3)ON2)cc1. The summed E-state index contributed by atoms with van der Waals surface area (Å²) in [5.41, 5.74) is 4.35. The van der Waals surface area contributed by atoms with Gasteiger partial charge in [-0.05, 0) is 18.4 Å². The second-order valence-electron chi connectivity index (χ2n) is 5.23. The second kappa shape index (κ2) is 5.53. The van der Waals surface area contributed by atoms with E-state index in [-0.39, 0.29) is 6.17 Å². The molecule has 0 bridgehead atoms. The zero-order valence-electron chi connectivity index (χ0n) is 10.6. The Morgan fingerprint density at radius 2 is 1.89 bits per heavy atom. The lowest BCUT2D eigenvalue weighted by Crippen LogP contribution is -2.25. The molecule has 2 aliphatic rings. The molecule has 0 amide bonds. The number of hydrogen-bond acceptors (Lipinski definition) is 3. The fraction of sp³-hybridized carbons (Fsp3) is 0.533. The van der Waals surface area contributed by atoms with Crippen LogP contribution in [-0.2, 0) is 11.3 Å². The highest BCUT2D eigenvalue weighted by Crippen LogP contribution is 2.27. The van der Waals surface area contributed by atoms with Gasteiger partial charge < -0.3 is 4.84 Å². The molecule has 1 heterocycles. The van der Waals surface area contributed by atoms with Crippen molar-refractivity contribution in [1.82, 2.24) is 5.48 Å². The largest absolute Gasteiger partial charge is 0.391 e. The Balaban J connectivity index is 1.61. The highest BCUT2D eigenvalue weighted by Gasteiger charge is 2.27. The average Bonchev–Trinajstić information content (AvgIpc) is 2.89. The molecule has 1 aromatic rings. The molecule has 0 saturated heterocycles. The quantitative estimate of drug-likeness (QED) is 0.886. The standard InChI is InChI=1S/C15H20N2O/c1-3-7-12(8-4-1)11-14-16-15(18-17-14)13-9-5-2-6-10-13/h1,3-4,7-8,13-14,17H,2,5-6,9-11H2. The molecule has 1 N–H and O–H groups in total. The van der Waals surface area contributed by atoms with Gasteiger partial charge >= 0.3 is 0 Å². The minimum Gasteiger partial charge on any atom is -0.391 e. The summed E-state index contributed by atoms with van der Waals surface area (Å²) in [6.45, 7) is 0. The zero-order valence-corrected chi connectivity index (χ0v) is 10.6. The van der Waals surface area contributed by atoms with Gasteiger partial charge in [0.2, 0.25) is 5.90 Å². The zero-order chi connectivity index (χ0) is 12.2. The molecule has 3 rings (SSSR count). The van der Waals surface area contributed by atoms with Crippen LogP contribution in [0.3, 0.4) is 0 Å². The molecule has 1 aliphatic heterocycles. The number of hydroxylamine groups is 1. The van der Waals surface area contributed by atoms with Crippen molar-refractivity contribution < 1.29 is 4.84 Å². The third-order valence-electron chi connectivity index (χ3n) is 3.81. The van der Waals surface area contributed by atoms with E-state index in [1.165, 1.54) is 37.7 Å². The molecule has 1 aliphatic carbocycles. The van der Waals surface area contributed by atoms with E-state index in [4.69, 9.17) is 9.83 Å². The van der Waals surface area contributed by atoms with Crippen LogP contribution in [-0.4, -0.2) is 12.1 Å². The summed E-state index contributed by atoms with van der Waals surface area (Å²) < 4.78 is 0. The molecule has 18 heavy (non-hydrogen) atoms. The Bertz CT molecular complexity index is 410. The van der Waals surface area contributed by atoms with Gasteiger partial charge in [0.15, 0.2) is 0 Å². The van der Waals surface area contributed by atoms with Crippen molar-refractivity contribution >= 4 is 5.90 Å². The van der Waals surface area contributed by atoms with Crippen LogP contribution >= 0.6 is 0 Å². The molecule has 1 fully saturated rings. The first-order valence-corrected chi connectivity index (χ1v) is 6.96. The Hall–Kier alpha value is -1.35. The van der Waals surface area contributed by atoms with Crippen LogP contribution in [0.25, 0.3) is 0 Å². The Kier molecular flexibility index (Phi) is 3.60. The number of aliphatic imine (C=N–C) groups is 1.